The summed E-state index contributed by atoms with van der Waals surface area (Å²) >= 11 is 0. The van der Waals surface area contributed by atoms with Crippen LogP contribution in [0.4, 0.5) is 0 Å². The Morgan fingerprint density at radius 2 is 2.20 bits per heavy atom. The van der Waals surface area contributed by atoms with Crippen molar-refractivity contribution in [3.8, 4) is 0 Å². The molecular weight excluding hydrogens is 186 g/mol. The Hall–Kier alpha value is -0.930. The molecule has 0 aromatic carbocycles. The van der Waals surface area contributed by atoms with Gasteiger partial charge in [-0.15, -0.1) is 0 Å². The van der Waals surface area contributed by atoms with Crippen LogP contribution in [0, 0.1) is 0 Å². The minimum Gasteiger partial charge on any atom is -0.327 e. The van der Waals surface area contributed by atoms with E-state index in [1.165, 1.54) is 24.9 Å². The summed E-state index contributed by atoms with van der Waals surface area (Å²) in [6, 6.07) is 4.56. The summed E-state index contributed by atoms with van der Waals surface area (Å²) < 4.78 is 0. The van der Waals surface area contributed by atoms with Crippen molar-refractivity contribution >= 4 is 0 Å². The van der Waals surface area contributed by atoms with Crippen molar-refractivity contribution in [1.82, 2.24) is 9.88 Å². The predicted molar refractivity (Wildman–Crippen MR) is 61.6 cm³/mol. The van der Waals surface area contributed by atoms with Crippen molar-refractivity contribution in [2.75, 3.05) is 19.6 Å². The molecule has 3 nitrogen and oxygen atoms in total. The molecule has 2 N–H and O–H groups in total. The van der Waals surface area contributed by atoms with Crippen LogP contribution in [0.25, 0.3) is 0 Å². The summed E-state index contributed by atoms with van der Waals surface area (Å²) in [5.41, 5.74) is 7.31. The third-order valence-electron chi connectivity index (χ3n) is 3.01. The summed E-state index contributed by atoms with van der Waals surface area (Å²) in [4.78, 5) is 6.49. The normalized spacial score (nSPS) is 22.9. The third kappa shape index (κ3) is 3.29. The number of hydrogen-bond acceptors (Lipinski definition) is 3. The molecule has 0 amide bonds. The molecule has 1 aliphatic heterocycles. The lowest BCUT2D eigenvalue weighted by Crippen LogP contribution is -2.43. The molecule has 0 saturated carbocycles. The molecule has 0 spiro atoms. The van der Waals surface area contributed by atoms with Gasteiger partial charge >= 0.3 is 0 Å². The molecule has 0 radical (unpaired) electrons. The molecule has 15 heavy (non-hydrogen) atoms. The molecule has 2 rings (SSSR count). The summed E-state index contributed by atoms with van der Waals surface area (Å²) in [5, 5.41) is 0. The maximum Gasteiger partial charge on any atom is 0.0270 e. The fourth-order valence-electron chi connectivity index (χ4n) is 2.13. The molecule has 0 aliphatic carbocycles. The molecular formula is C12H19N3. The quantitative estimate of drug-likeness (QED) is 0.802. The highest BCUT2D eigenvalue weighted by atomic mass is 15.1. The first-order chi connectivity index (χ1) is 7.34. The van der Waals surface area contributed by atoms with E-state index in [0.717, 1.165) is 19.5 Å². The Balaban J connectivity index is 1.78. The van der Waals surface area contributed by atoms with E-state index in [1.54, 1.807) is 0 Å². The lowest BCUT2D eigenvalue weighted by atomic mass is 10.1. The molecule has 0 bridgehead atoms. The average molecular weight is 205 g/mol. The van der Waals surface area contributed by atoms with Crippen LogP contribution in [-0.2, 0) is 6.42 Å². The Kier molecular flexibility index (Phi) is 3.69. The zero-order chi connectivity index (χ0) is 10.5. The second kappa shape index (κ2) is 5.24. The Bertz CT molecular complexity index is 286. The van der Waals surface area contributed by atoms with Gasteiger partial charge in [0.15, 0.2) is 0 Å². The minimum atomic E-state index is 0.385. The number of rotatable bonds is 3. The number of likely N-dealkylation sites (tertiary alicyclic amines) is 1. The first-order valence-corrected chi connectivity index (χ1v) is 5.71. The van der Waals surface area contributed by atoms with E-state index in [4.69, 9.17) is 5.73 Å². The van der Waals surface area contributed by atoms with Gasteiger partial charge in [0.25, 0.3) is 0 Å². The van der Waals surface area contributed by atoms with Gasteiger partial charge in [-0.3, -0.25) is 4.98 Å². The summed E-state index contributed by atoms with van der Waals surface area (Å²) in [5.74, 6) is 0. The number of aromatic nitrogens is 1. The number of nitrogens with two attached hydrogens (primary N) is 1. The molecule has 1 aromatic heterocycles. The lowest BCUT2D eigenvalue weighted by Gasteiger charge is -2.30. The lowest BCUT2D eigenvalue weighted by molar-refractivity contribution is 0.211. The van der Waals surface area contributed by atoms with Crippen molar-refractivity contribution in [2.24, 2.45) is 5.73 Å². The fourth-order valence-corrected chi connectivity index (χ4v) is 2.13. The summed E-state index contributed by atoms with van der Waals surface area (Å²) in [6.45, 7) is 3.39. The second-order valence-corrected chi connectivity index (χ2v) is 4.31. The van der Waals surface area contributed by atoms with Crippen LogP contribution in [0.5, 0.6) is 0 Å². The van der Waals surface area contributed by atoms with E-state index < -0.39 is 0 Å². The number of piperidine rings is 1. The van der Waals surface area contributed by atoms with Crippen LogP contribution in [0.15, 0.2) is 24.5 Å². The molecule has 1 aliphatic rings. The molecule has 1 atom stereocenters. The molecule has 3 heteroatoms. The smallest absolute Gasteiger partial charge is 0.0270 e. The van der Waals surface area contributed by atoms with Gasteiger partial charge in [-0.1, -0.05) is 0 Å². The average Bonchev–Trinajstić information content (AvgIpc) is 2.28. The van der Waals surface area contributed by atoms with Gasteiger partial charge in [0.1, 0.15) is 0 Å². The maximum atomic E-state index is 5.94. The highest BCUT2D eigenvalue weighted by Crippen LogP contribution is 2.09. The van der Waals surface area contributed by atoms with E-state index in [0.29, 0.717) is 6.04 Å². The van der Waals surface area contributed by atoms with Gasteiger partial charge in [0.05, 0.1) is 0 Å². The van der Waals surface area contributed by atoms with Gasteiger partial charge in [-0.05, 0) is 43.5 Å². The van der Waals surface area contributed by atoms with Gasteiger partial charge in [-0.2, -0.15) is 0 Å². The van der Waals surface area contributed by atoms with Crippen molar-refractivity contribution in [3.05, 3.63) is 30.1 Å². The largest absolute Gasteiger partial charge is 0.327 e. The fraction of sp³-hybridized carbons (Fsp3) is 0.583. The molecule has 1 fully saturated rings. The van der Waals surface area contributed by atoms with Crippen LogP contribution in [0.2, 0.25) is 0 Å². The number of pyridine rings is 1. The molecule has 0 unspecified atom stereocenters. The summed E-state index contributed by atoms with van der Waals surface area (Å²) in [6.07, 6.45) is 7.26. The van der Waals surface area contributed by atoms with Gasteiger partial charge in [0, 0.05) is 31.5 Å². The standard InChI is InChI=1S/C12H19N3/c13-12-2-1-8-15(10-12)9-5-11-3-6-14-7-4-11/h3-4,6-7,12H,1-2,5,8-10,13H2/t12-/m1/s1. The molecule has 1 aromatic rings. The van der Waals surface area contributed by atoms with Gasteiger partial charge in [0.2, 0.25) is 0 Å². The van der Waals surface area contributed by atoms with Crippen LogP contribution in [0.3, 0.4) is 0 Å². The molecule has 2 heterocycles. The molecule has 82 valence electrons. The maximum absolute atomic E-state index is 5.94. The Morgan fingerprint density at radius 3 is 2.93 bits per heavy atom. The monoisotopic (exact) mass is 205 g/mol. The zero-order valence-corrected chi connectivity index (χ0v) is 9.10. The predicted octanol–water partition coefficient (Wildman–Crippen LogP) is 1.05. The molecule has 1 saturated heterocycles. The number of hydrogen-bond donors (Lipinski definition) is 1. The van der Waals surface area contributed by atoms with Crippen molar-refractivity contribution in [3.63, 3.8) is 0 Å². The van der Waals surface area contributed by atoms with Crippen molar-refractivity contribution in [1.29, 1.82) is 0 Å². The highest BCUT2D eigenvalue weighted by Gasteiger charge is 2.15. The van der Waals surface area contributed by atoms with E-state index >= 15 is 0 Å². The Labute approximate surface area is 91.3 Å². The second-order valence-electron chi connectivity index (χ2n) is 4.31. The third-order valence-corrected chi connectivity index (χ3v) is 3.01. The first kappa shape index (κ1) is 10.6. The zero-order valence-electron chi connectivity index (χ0n) is 9.10. The van der Waals surface area contributed by atoms with Crippen LogP contribution < -0.4 is 5.73 Å². The van der Waals surface area contributed by atoms with Crippen molar-refractivity contribution in [2.45, 2.75) is 25.3 Å². The van der Waals surface area contributed by atoms with Gasteiger partial charge in [-0.25, -0.2) is 0 Å². The SMILES string of the molecule is N[C@@H]1CCCN(CCc2ccncc2)C1. The van der Waals surface area contributed by atoms with Gasteiger partial charge < -0.3 is 10.6 Å². The van der Waals surface area contributed by atoms with E-state index in [9.17, 15) is 0 Å². The minimum absolute atomic E-state index is 0.385. The van der Waals surface area contributed by atoms with E-state index in [-0.39, 0.29) is 0 Å². The van der Waals surface area contributed by atoms with Crippen LogP contribution in [-0.4, -0.2) is 35.6 Å². The topological polar surface area (TPSA) is 42.1 Å². The highest BCUT2D eigenvalue weighted by molar-refractivity contribution is 5.09. The van der Waals surface area contributed by atoms with Crippen LogP contribution in [0.1, 0.15) is 18.4 Å². The summed E-state index contributed by atoms with van der Waals surface area (Å²) in [7, 11) is 0. The first-order valence-electron chi connectivity index (χ1n) is 5.71. The van der Waals surface area contributed by atoms with E-state index in [2.05, 4.69) is 22.0 Å². The Morgan fingerprint density at radius 1 is 1.40 bits per heavy atom. The number of nitrogens with zero attached hydrogens (tertiary/aromatic N) is 2. The van der Waals surface area contributed by atoms with Crippen molar-refractivity contribution < 1.29 is 0 Å². The van der Waals surface area contributed by atoms with Crippen LogP contribution >= 0.6 is 0 Å². The van der Waals surface area contributed by atoms with E-state index in [1.807, 2.05) is 12.4 Å².